The van der Waals surface area contributed by atoms with Crippen LogP contribution in [-0.2, 0) is 11.2 Å². The van der Waals surface area contributed by atoms with E-state index in [1.807, 2.05) is 19.9 Å². The maximum Gasteiger partial charge on any atom is 0.239 e. The number of aromatic hydroxyl groups is 1. The first kappa shape index (κ1) is 31.3. The molecule has 0 amide bonds. The third-order valence-electron chi connectivity index (χ3n) is 6.87. The number of phenols is 1. The number of benzene rings is 2. The van der Waals surface area contributed by atoms with E-state index in [4.69, 9.17) is 23.4 Å². The van der Waals surface area contributed by atoms with Gasteiger partial charge in [-0.2, -0.15) is 0 Å². The predicted octanol–water partition coefficient (Wildman–Crippen LogP) is 1.62. The number of phenolic OH excluding ortho intramolecular Hbond substituents is 1. The molecule has 1 fully saturated rings. The number of aliphatic hydroxyl groups excluding tert-OH is 5. The number of methoxy groups -OCH3 is 1. The predicted molar refractivity (Wildman–Crippen MR) is 151 cm³/mol. The molecule has 6 N–H and O–H groups in total. The van der Waals surface area contributed by atoms with E-state index in [0.717, 1.165) is 5.57 Å². The molecule has 0 aliphatic carbocycles. The molecular formula is C30H36O12. The molecule has 12 heteroatoms. The van der Waals surface area contributed by atoms with Gasteiger partial charge in [0.1, 0.15) is 52.6 Å². The van der Waals surface area contributed by atoms with Gasteiger partial charge in [-0.05, 0) is 44.5 Å². The Balaban J connectivity index is 1.94. The summed E-state index contributed by atoms with van der Waals surface area (Å²) >= 11 is 0. The van der Waals surface area contributed by atoms with Crippen LogP contribution in [0.15, 0.2) is 51.2 Å². The molecule has 4 rings (SSSR count). The number of aliphatic hydroxyl groups is 5. The van der Waals surface area contributed by atoms with Crippen molar-refractivity contribution in [2.45, 2.75) is 57.4 Å². The molecule has 228 valence electrons. The summed E-state index contributed by atoms with van der Waals surface area (Å²) < 4.78 is 28.7. The average molecular weight is 589 g/mol. The molecule has 5 atom stereocenters. The Labute approximate surface area is 241 Å². The van der Waals surface area contributed by atoms with Gasteiger partial charge in [0.2, 0.25) is 17.5 Å². The molecule has 2 aromatic carbocycles. The molecule has 1 aliphatic heterocycles. The van der Waals surface area contributed by atoms with Crippen LogP contribution >= 0.6 is 0 Å². The normalized spacial score (nSPS) is 22.1. The Bertz CT molecular complexity index is 1460. The van der Waals surface area contributed by atoms with Gasteiger partial charge < -0.3 is 54.0 Å². The summed E-state index contributed by atoms with van der Waals surface area (Å²) in [5.74, 6) is -0.0583. The van der Waals surface area contributed by atoms with Crippen LogP contribution in [-0.4, -0.2) is 88.3 Å². The van der Waals surface area contributed by atoms with Crippen molar-refractivity contribution < 1.29 is 54.0 Å². The lowest BCUT2D eigenvalue weighted by Gasteiger charge is -2.39. The van der Waals surface area contributed by atoms with Crippen molar-refractivity contribution in [3.63, 3.8) is 0 Å². The molecule has 1 aliphatic rings. The zero-order chi connectivity index (χ0) is 30.6. The SMILES string of the molecule is COc1ccc(-c2oc3c(CC=C(C)C)c(O[C@@H]4O[C@H](CO)[C@@H](O)[C@H](O)[C@H]4O)cc(O)c3c(=O)c2OCCCO)cc1. The van der Waals surface area contributed by atoms with Crippen molar-refractivity contribution in [1.82, 2.24) is 0 Å². The zero-order valence-electron chi connectivity index (χ0n) is 23.5. The molecule has 0 saturated carbocycles. The second-order valence-electron chi connectivity index (χ2n) is 10.1. The molecule has 0 bridgehead atoms. The van der Waals surface area contributed by atoms with E-state index in [1.165, 1.54) is 13.2 Å². The Morgan fingerprint density at radius 1 is 1.05 bits per heavy atom. The summed E-state index contributed by atoms with van der Waals surface area (Å²) in [7, 11) is 1.52. The van der Waals surface area contributed by atoms with Gasteiger partial charge in [-0.1, -0.05) is 11.6 Å². The molecule has 1 aromatic heterocycles. The number of rotatable bonds is 11. The van der Waals surface area contributed by atoms with Gasteiger partial charge in [-0.15, -0.1) is 0 Å². The van der Waals surface area contributed by atoms with Crippen LogP contribution in [0.4, 0.5) is 0 Å². The Kier molecular flexibility index (Phi) is 10.1. The number of hydrogen-bond acceptors (Lipinski definition) is 12. The maximum atomic E-state index is 13.8. The average Bonchev–Trinajstić information content (AvgIpc) is 2.97. The Morgan fingerprint density at radius 2 is 1.76 bits per heavy atom. The third kappa shape index (κ3) is 6.38. The topological polar surface area (TPSA) is 189 Å². The van der Waals surface area contributed by atoms with Gasteiger partial charge in [0.05, 0.1) is 20.3 Å². The van der Waals surface area contributed by atoms with Crippen molar-refractivity contribution in [2.24, 2.45) is 0 Å². The van der Waals surface area contributed by atoms with E-state index in [-0.39, 0.29) is 54.3 Å². The van der Waals surface area contributed by atoms with Crippen LogP contribution < -0.4 is 19.6 Å². The summed E-state index contributed by atoms with van der Waals surface area (Å²) in [5.41, 5.74) is 1.04. The van der Waals surface area contributed by atoms with Crippen molar-refractivity contribution in [3.05, 3.63) is 57.8 Å². The lowest BCUT2D eigenvalue weighted by molar-refractivity contribution is -0.277. The summed E-state index contributed by atoms with van der Waals surface area (Å²) in [6.45, 7) is 2.93. The molecule has 1 saturated heterocycles. The van der Waals surface area contributed by atoms with Crippen LogP contribution in [0.1, 0.15) is 25.8 Å². The first-order chi connectivity index (χ1) is 20.1. The standard InChI is InChI=1S/C30H36O12/c1-15(2)5-10-18-20(40-30-26(37)25(36)23(34)21(14-32)41-30)13-19(33)22-24(35)29(39-12-4-11-31)27(42-28(18)22)16-6-8-17(38-3)9-7-16/h5-9,13,21,23,25-26,30-34,36-37H,4,10-12,14H2,1-3H3/t21-,23-,25+,26-,30-/m1/s1. The number of hydrogen-bond donors (Lipinski definition) is 6. The minimum absolute atomic E-state index is 0.0135. The lowest BCUT2D eigenvalue weighted by Crippen LogP contribution is -2.60. The summed E-state index contributed by atoms with van der Waals surface area (Å²) in [6, 6.07) is 7.87. The fourth-order valence-corrected chi connectivity index (χ4v) is 4.56. The minimum atomic E-state index is -1.71. The van der Waals surface area contributed by atoms with Gasteiger partial charge in [0.25, 0.3) is 0 Å². The van der Waals surface area contributed by atoms with Gasteiger partial charge in [-0.25, -0.2) is 0 Å². The number of fused-ring (bicyclic) bond motifs is 1. The summed E-state index contributed by atoms with van der Waals surface area (Å²) in [5, 5.41) is 60.6. The fourth-order valence-electron chi connectivity index (χ4n) is 4.56. The molecule has 3 aromatic rings. The largest absolute Gasteiger partial charge is 0.507 e. The van der Waals surface area contributed by atoms with Crippen molar-refractivity contribution in [2.75, 3.05) is 26.9 Å². The minimum Gasteiger partial charge on any atom is -0.507 e. The molecular weight excluding hydrogens is 552 g/mol. The maximum absolute atomic E-state index is 13.8. The lowest BCUT2D eigenvalue weighted by atomic mass is 9.99. The van der Waals surface area contributed by atoms with E-state index in [9.17, 15) is 35.4 Å². The van der Waals surface area contributed by atoms with E-state index in [1.54, 1.807) is 24.3 Å². The van der Waals surface area contributed by atoms with Crippen LogP contribution in [0.5, 0.6) is 23.0 Å². The van der Waals surface area contributed by atoms with E-state index >= 15 is 0 Å². The molecule has 0 radical (unpaired) electrons. The molecule has 42 heavy (non-hydrogen) atoms. The fraction of sp³-hybridized carbons (Fsp3) is 0.433. The van der Waals surface area contributed by atoms with Gasteiger partial charge in [-0.3, -0.25) is 4.79 Å². The number of ether oxygens (including phenoxy) is 4. The van der Waals surface area contributed by atoms with E-state index < -0.39 is 48.5 Å². The Hall–Kier alpha value is -3.65. The molecule has 0 unspecified atom stereocenters. The van der Waals surface area contributed by atoms with Crippen molar-refractivity contribution in [3.8, 4) is 34.3 Å². The monoisotopic (exact) mass is 588 g/mol. The summed E-state index contributed by atoms with van der Waals surface area (Å²) in [4.78, 5) is 13.8. The smallest absolute Gasteiger partial charge is 0.239 e. The first-order valence-corrected chi connectivity index (χ1v) is 13.5. The molecule has 2 heterocycles. The van der Waals surface area contributed by atoms with Crippen LogP contribution in [0, 0.1) is 0 Å². The van der Waals surface area contributed by atoms with Gasteiger partial charge in [0, 0.05) is 30.2 Å². The highest BCUT2D eigenvalue weighted by atomic mass is 16.7. The highest BCUT2D eigenvalue weighted by Gasteiger charge is 2.45. The zero-order valence-corrected chi connectivity index (χ0v) is 23.5. The van der Waals surface area contributed by atoms with Gasteiger partial charge in [0.15, 0.2) is 5.76 Å². The van der Waals surface area contributed by atoms with Crippen molar-refractivity contribution >= 4 is 11.0 Å². The quantitative estimate of drug-likeness (QED) is 0.141. The highest BCUT2D eigenvalue weighted by molar-refractivity contribution is 5.91. The van der Waals surface area contributed by atoms with Crippen molar-refractivity contribution in [1.29, 1.82) is 0 Å². The molecule has 12 nitrogen and oxygen atoms in total. The molecule has 0 spiro atoms. The summed E-state index contributed by atoms with van der Waals surface area (Å²) in [6.07, 6.45) is -5.49. The number of allylic oxidation sites excluding steroid dienone is 2. The second-order valence-corrected chi connectivity index (χ2v) is 10.1. The second kappa shape index (κ2) is 13.6. The van der Waals surface area contributed by atoms with Crippen LogP contribution in [0.25, 0.3) is 22.3 Å². The first-order valence-electron chi connectivity index (χ1n) is 13.5. The highest BCUT2D eigenvalue weighted by Crippen LogP contribution is 2.41. The Morgan fingerprint density at radius 3 is 2.38 bits per heavy atom. The van der Waals surface area contributed by atoms with Gasteiger partial charge >= 0.3 is 0 Å². The van der Waals surface area contributed by atoms with E-state index in [2.05, 4.69) is 0 Å². The van der Waals surface area contributed by atoms with E-state index in [0.29, 0.717) is 16.9 Å². The van der Waals surface area contributed by atoms with Crippen LogP contribution in [0.2, 0.25) is 0 Å². The third-order valence-corrected chi connectivity index (χ3v) is 6.87. The van der Waals surface area contributed by atoms with Crippen LogP contribution in [0.3, 0.4) is 0 Å².